The van der Waals surface area contributed by atoms with Crippen LogP contribution in [0.1, 0.15) is 113 Å². The van der Waals surface area contributed by atoms with Gasteiger partial charge in [0.1, 0.15) is 6.61 Å². The molecule has 0 amide bonds. The van der Waals surface area contributed by atoms with Crippen LogP contribution in [0.3, 0.4) is 0 Å². The molecule has 2 saturated heterocycles. The Bertz CT molecular complexity index is 1150. The lowest BCUT2D eigenvalue weighted by molar-refractivity contribution is -0.198. The van der Waals surface area contributed by atoms with Gasteiger partial charge in [-0.3, -0.25) is 19.4 Å². The van der Waals surface area contributed by atoms with Crippen LogP contribution in [0.4, 0.5) is 0 Å². The third-order valence-electron chi connectivity index (χ3n) is 14.4. The fourth-order valence-electron chi connectivity index (χ4n) is 9.84. The summed E-state index contributed by atoms with van der Waals surface area (Å²) in [6.45, 7) is 27.4. The first-order chi connectivity index (χ1) is 20.9. The smallest absolute Gasteiger partial charge is 0.321 e. The maximum Gasteiger partial charge on any atom is 0.321 e. The fourth-order valence-corrected chi connectivity index (χ4v) is 9.84. The molecule has 9 atom stereocenters. The standard InChI is InChI=1S/C39H64N2O4/c1-14-35(8)24-30(27(6)37(10,16-3)40(35)12)39(18-5,31-25-36(9,15-2)41(13)38(11,17-4)28(31)7)32(33(42)43)34(44)45-26-29-22-20-19-21-23-29/h18-23,27-28,30-32H,5,14-17,24-26H2,1-4,6-13H3,(H,42,43). The summed E-state index contributed by atoms with van der Waals surface area (Å²) >= 11 is 0. The highest BCUT2D eigenvalue weighted by Gasteiger charge is 2.67. The van der Waals surface area contributed by atoms with Crippen LogP contribution in [0.15, 0.2) is 43.0 Å². The number of carboxylic acid groups (broad SMARTS) is 1. The number of carbonyl (C=O) groups is 2. The molecule has 0 aromatic heterocycles. The second-order valence-electron chi connectivity index (χ2n) is 15.5. The third-order valence-corrected chi connectivity index (χ3v) is 14.4. The second kappa shape index (κ2) is 13.5. The zero-order chi connectivity index (χ0) is 34.2. The Morgan fingerprint density at radius 3 is 1.64 bits per heavy atom. The quantitative estimate of drug-likeness (QED) is 0.143. The topological polar surface area (TPSA) is 70.1 Å². The van der Waals surface area contributed by atoms with Crippen LogP contribution in [0.5, 0.6) is 0 Å². The van der Waals surface area contributed by atoms with Gasteiger partial charge < -0.3 is 9.84 Å². The Morgan fingerprint density at radius 1 is 0.889 bits per heavy atom. The molecule has 2 fully saturated rings. The average Bonchev–Trinajstić information content (AvgIpc) is 3.04. The first-order valence-corrected chi connectivity index (χ1v) is 17.5. The fraction of sp³-hybridized carbons (Fsp3) is 0.744. The largest absolute Gasteiger partial charge is 0.481 e. The minimum atomic E-state index is -1.38. The van der Waals surface area contributed by atoms with E-state index in [1.807, 2.05) is 36.4 Å². The lowest BCUT2D eigenvalue weighted by Gasteiger charge is -2.68. The Labute approximate surface area is 275 Å². The minimum Gasteiger partial charge on any atom is -0.481 e. The van der Waals surface area contributed by atoms with Gasteiger partial charge in [0.15, 0.2) is 5.92 Å². The number of aliphatic carboxylic acids is 1. The summed E-state index contributed by atoms with van der Waals surface area (Å²) in [5.41, 5.74) is -0.950. The predicted molar refractivity (Wildman–Crippen MR) is 185 cm³/mol. The van der Waals surface area contributed by atoms with Crippen LogP contribution in [-0.2, 0) is 20.9 Å². The molecule has 254 valence electrons. The molecular formula is C39H64N2O4. The molecule has 1 N–H and O–H groups in total. The molecule has 45 heavy (non-hydrogen) atoms. The van der Waals surface area contributed by atoms with Gasteiger partial charge >= 0.3 is 11.9 Å². The van der Waals surface area contributed by atoms with Crippen LogP contribution >= 0.6 is 0 Å². The van der Waals surface area contributed by atoms with Gasteiger partial charge in [-0.05, 0) is 110 Å². The summed E-state index contributed by atoms with van der Waals surface area (Å²) in [6, 6.07) is 9.53. The van der Waals surface area contributed by atoms with E-state index in [2.05, 4.69) is 99.7 Å². The van der Waals surface area contributed by atoms with Crippen LogP contribution in [0.2, 0.25) is 0 Å². The van der Waals surface area contributed by atoms with Crippen LogP contribution in [0.25, 0.3) is 0 Å². The number of carbonyl (C=O) groups excluding carboxylic acids is 1. The highest BCUT2D eigenvalue weighted by Crippen LogP contribution is 2.64. The van der Waals surface area contributed by atoms with Gasteiger partial charge in [0.2, 0.25) is 0 Å². The number of nitrogens with zero attached hydrogens (tertiary/aromatic N) is 2. The van der Waals surface area contributed by atoms with Gasteiger partial charge in [-0.2, -0.15) is 0 Å². The molecule has 0 saturated carbocycles. The number of ether oxygens (including phenoxy) is 1. The van der Waals surface area contributed by atoms with Crippen molar-refractivity contribution in [2.75, 3.05) is 14.1 Å². The average molecular weight is 625 g/mol. The summed E-state index contributed by atoms with van der Waals surface area (Å²) in [6.07, 6.45) is 7.17. The van der Waals surface area contributed by atoms with E-state index in [0.29, 0.717) is 0 Å². The van der Waals surface area contributed by atoms with E-state index in [4.69, 9.17) is 4.74 Å². The maximum absolute atomic E-state index is 14.4. The molecule has 0 spiro atoms. The minimum absolute atomic E-state index is 0.0429. The van der Waals surface area contributed by atoms with Crippen molar-refractivity contribution in [3.05, 3.63) is 48.6 Å². The Balaban J connectivity index is 2.37. The summed E-state index contributed by atoms with van der Waals surface area (Å²) in [5.74, 6) is -3.17. The van der Waals surface area contributed by atoms with E-state index >= 15 is 0 Å². The van der Waals surface area contributed by atoms with E-state index in [0.717, 1.165) is 44.1 Å². The summed E-state index contributed by atoms with van der Waals surface area (Å²) in [4.78, 5) is 33.3. The first kappa shape index (κ1) is 37.3. The molecule has 0 bridgehead atoms. The van der Waals surface area contributed by atoms with Crippen molar-refractivity contribution in [1.29, 1.82) is 0 Å². The van der Waals surface area contributed by atoms with Gasteiger partial charge in [0.05, 0.1) is 0 Å². The second-order valence-corrected chi connectivity index (χ2v) is 15.5. The molecular weight excluding hydrogens is 560 g/mol. The number of allylic oxidation sites excluding steroid dienone is 1. The lowest BCUT2D eigenvalue weighted by Crippen LogP contribution is -2.72. The van der Waals surface area contributed by atoms with E-state index in [1.54, 1.807) is 0 Å². The molecule has 2 aliphatic rings. The Hall–Kier alpha value is -2.18. The zero-order valence-corrected chi connectivity index (χ0v) is 30.6. The van der Waals surface area contributed by atoms with Crippen molar-refractivity contribution in [2.24, 2.45) is 35.0 Å². The van der Waals surface area contributed by atoms with Gasteiger partial charge in [-0.25, -0.2) is 0 Å². The van der Waals surface area contributed by atoms with Crippen molar-refractivity contribution in [2.45, 2.75) is 137 Å². The van der Waals surface area contributed by atoms with Crippen molar-refractivity contribution < 1.29 is 19.4 Å². The number of rotatable bonds is 12. The molecule has 2 aliphatic heterocycles. The Kier molecular flexibility index (Phi) is 11.2. The molecule has 2 heterocycles. The number of esters is 1. The number of likely N-dealkylation sites (tertiary alicyclic amines) is 2. The normalized spacial score (nSPS) is 38.2. The highest BCUT2D eigenvalue weighted by molar-refractivity contribution is 5.95. The Morgan fingerprint density at radius 2 is 1.31 bits per heavy atom. The molecule has 3 rings (SSSR count). The monoisotopic (exact) mass is 624 g/mol. The SMILES string of the molecule is C=CC(C(C(=O)O)C(=O)OCc1ccccc1)(C1CC(C)(CC)N(C)C(C)(CC)C1C)C1CC(C)(CC)N(C)C(C)(CC)C1C. The molecule has 0 aliphatic carbocycles. The number of hydrogen-bond donors (Lipinski definition) is 1. The van der Waals surface area contributed by atoms with Crippen molar-refractivity contribution in [3.8, 4) is 0 Å². The van der Waals surface area contributed by atoms with E-state index < -0.39 is 23.3 Å². The van der Waals surface area contributed by atoms with Crippen LogP contribution in [-0.4, -0.2) is 63.1 Å². The number of benzene rings is 1. The summed E-state index contributed by atoms with van der Waals surface area (Å²) in [7, 11) is 4.47. The number of carboxylic acids is 1. The van der Waals surface area contributed by atoms with E-state index in [9.17, 15) is 14.7 Å². The predicted octanol–water partition coefficient (Wildman–Crippen LogP) is 8.45. The number of hydrogen-bond acceptors (Lipinski definition) is 5. The molecule has 9 unspecified atom stereocenters. The zero-order valence-electron chi connectivity index (χ0n) is 30.6. The third kappa shape index (κ3) is 5.92. The highest BCUT2D eigenvalue weighted by atomic mass is 16.5. The van der Waals surface area contributed by atoms with Gasteiger partial charge in [0, 0.05) is 27.6 Å². The molecule has 1 aromatic carbocycles. The summed E-state index contributed by atoms with van der Waals surface area (Å²) in [5, 5.41) is 11.2. The molecule has 6 heteroatoms. The van der Waals surface area contributed by atoms with Crippen molar-refractivity contribution >= 4 is 11.9 Å². The first-order valence-electron chi connectivity index (χ1n) is 17.5. The van der Waals surface area contributed by atoms with Gasteiger partial charge in [-0.15, -0.1) is 6.58 Å². The maximum atomic E-state index is 14.4. The van der Waals surface area contributed by atoms with Crippen molar-refractivity contribution in [3.63, 3.8) is 0 Å². The molecule has 0 radical (unpaired) electrons. The van der Waals surface area contributed by atoms with Gasteiger partial charge in [-0.1, -0.05) is 78.0 Å². The summed E-state index contributed by atoms with van der Waals surface area (Å²) < 4.78 is 5.98. The van der Waals surface area contributed by atoms with Crippen LogP contribution in [0, 0.1) is 35.0 Å². The number of piperidine rings is 2. The lowest BCUT2D eigenvalue weighted by atomic mass is 9.44. The van der Waals surface area contributed by atoms with Crippen LogP contribution < -0.4 is 0 Å². The van der Waals surface area contributed by atoms with E-state index in [-0.39, 0.29) is 52.4 Å². The molecule has 1 aromatic rings. The van der Waals surface area contributed by atoms with E-state index in [1.165, 1.54) is 0 Å². The molecule has 6 nitrogen and oxygen atoms in total. The van der Waals surface area contributed by atoms with Gasteiger partial charge in [0.25, 0.3) is 0 Å². The van der Waals surface area contributed by atoms with Crippen molar-refractivity contribution in [1.82, 2.24) is 9.80 Å².